The summed E-state index contributed by atoms with van der Waals surface area (Å²) >= 11 is 10.7. The highest BCUT2D eigenvalue weighted by Gasteiger charge is 2.18. The van der Waals surface area contributed by atoms with Crippen molar-refractivity contribution < 1.29 is 9.59 Å². The maximum absolute atomic E-state index is 11.3. The molecule has 0 rings (SSSR count). The highest BCUT2D eigenvalue weighted by Crippen LogP contribution is 2.01. The SMILES string of the molecule is O=NN(CCN(N=O)C(=O)CCCl)C(=O)CCCl. The van der Waals surface area contributed by atoms with E-state index in [1.807, 2.05) is 0 Å². The molecule has 0 saturated carbocycles. The van der Waals surface area contributed by atoms with Crippen LogP contribution in [0, 0.1) is 9.81 Å². The van der Waals surface area contributed by atoms with Crippen molar-refractivity contribution in [1.29, 1.82) is 0 Å². The molecule has 0 aromatic rings. The molecule has 0 unspecified atom stereocenters. The summed E-state index contributed by atoms with van der Waals surface area (Å²) in [4.78, 5) is 43.4. The fourth-order valence-electron chi connectivity index (χ4n) is 1.03. The molecule has 0 spiro atoms. The predicted octanol–water partition coefficient (Wildman–Crippen LogP) is 1.26. The van der Waals surface area contributed by atoms with Gasteiger partial charge in [-0.25, -0.2) is 0 Å². The molecule has 102 valence electrons. The predicted molar refractivity (Wildman–Crippen MR) is 65.7 cm³/mol. The molecule has 0 heterocycles. The van der Waals surface area contributed by atoms with Gasteiger partial charge in [-0.3, -0.25) is 9.59 Å². The van der Waals surface area contributed by atoms with Gasteiger partial charge in [0.25, 0.3) is 0 Å². The number of carbonyl (C=O) groups is 2. The molecule has 8 nitrogen and oxygen atoms in total. The monoisotopic (exact) mass is 298 g/mol. The van der Waals surface area contributed by atoms with Gasteiger partial charge in [-0.05, 0) is 0 Å². The van der Waals surface area contributed by atoms with Crippen LogP contribution in [0.1, 0.15) is 12.8 Å². The molecule has 0 aliphatic heterocycles. The van der Waals surface area contributed by atoms with Gasteiger partial charge in [0.05, 0.1) is 23.7 Å². The zero-order valence-electron chi connectivity index (χ0n) is 9.42. The molecule has 0 N–H and O–H groups in total. The minimum atomic E-state index is -0.587. The van der Waals surface area contributed by atoms with Crippen LogP contribution in [0.15, 0.2) is 10.6 Å². The molecule has 2 amide bonds. The first-order chi connectivity index (χ1) is 8.60. The number of hydrogen-bond donors (Lipinski definition) is 0. The fourth-order valence-corrected chi connectivity index (χ4v) is 1.35. The second kappa shape index (κ2) is 9.72. The Kier molecular flexibility index (Phi) is 9.03. The summed E-state index contributed by atoms with van der Waals surface area (Å²) in [6, 6.07) is 0. The van der Waals surface area contributed by atoms with Crippen molar-refractivity contribution in [3.05, 3.63) is 9.81 Å². The minimum Gasteiger partial charge on any atom is -0.273 e. The number of alkyl halides is 2. The summed E-state index contributed by atoms with van der Waals surface area (Å²) in [5.41, 5.74) is 0. The van der Waals surface area contributed by atoms with Crippen LogP contribution in [0.25, 0.3) is 0 Å². The summed E-state index contributed by atoms with van der Waals surface area (Å²) in [6.45, 7) is -0.446. The summed E-state index contributed by atoms with van der Waals surface area (Å²) in [5, 5.41) is 6.15. The first kappa shape index (κ1) is 16.7. The van der Waals surface area contributed by atoms with E-state index >= 15 is 0 Å². The molecule has 0 aromatic heterocycles. The Morgan fingerprint density at radius 1 is 0.833 bits per heavy atom. The highest BCUT2D eigenvalue weighted by atomic mass is 35.5. The Balaban J connectivity index is 4.32. The molecule has 10 heteroatoms. The van der Waals surface area contributed by atoms with Gasteiger partial charge in [0.2, 0.25) is 11.8 Å². The van der Waals surface area contributed by atoms with E-state index in [2.05, 4.69) is 10.6 Å². The van der Waals surface area contributed by atoms with E-state index in [0.29, 0.717) is 10.0 Å². The van der Waals surface area contributed by atoms with E-state index in [4.69, 9.17) is 23.2 Å². The molecule has 0 aliphatic carbocycles. The van der Waals surface area contributed by atoms with E-state index in [0.717, 1.165) is 0 Å². The minimum absolute atomic E-state index is 0.0473. The van der Waals surface area contributed by atoms with Crippen LogP contribution >= 0.6 is 23.2 Å². The highest BCUT2D eigenvalue weighted by molar-refractivity contribution is 6.19. The number of carbonyl (C=O) groups excluding carboxylic acids is 2. The first-order valence-corrected chi connectivity index (χ1v) is 6.06. The van der Waals surface area contributed by atoms with Gasteiger partial charge in [-0.1, -0.05) is 0 Å². The Morgan fingerprint density at radius 3 is 1.39 bits per heavy atom. The van der Waals surface area contributed by atoms with Crippen LogP contribution < -0.4 is 0 Å². The van der Waals surface area contributed by atoms with Gasteiger partial charge in [0, 0.05) is 24.6 Å². The molecule has 0 radical (unpaired) electrons. The van der Waals surface area contributed by atoms with Gasteiger partial charge in [0.1, 0.15) is 0 Å². The quantitative estimate of drug-likeness (QED) is 0.363. The molecule has 0 bridgehead atoms. The average molecular weight is 299 g/mol. The van der Waals surface area contributed by atoms with Crippen LogP contribution in [0.2, 0.25) is 0 Å². The lowest BCUT2D eigenvalue weighted by molar-refractivity contribution is -0.135. The standard InChI is InChI=1S/C8H12Cl2N4O4/c9-3-1-7(15)13(11-17)5-6-14(12-18)8(16)2-4-10/h1-6H2. The van der Waals surface area contributed by atoms with Gasteiger partial charge >= 0.3 is 0 Å². The average Bonchev–Trinajstić information content (AvgIpc) is 2.35. The molecule has 18 heavy (non-hydrogen) atoms. The summed E-state index contributed by atoms with van der Waals surface area (Å²) < 4.78 is 0. The zero-order chi connectivity index (χ0) is 14.0. The van der Waals surface area contributed by atoms with Crippen molar-refractivity contribution in [3.8, 4) is 0 Å². The lowest BCUT2D eigenvalue weighted by Crippen LogP contribution is -2.36. The van der Waals surface area contributed by atoms with Crippen molar-refractivity contribution in [2.45, 2.75) is 12.8 Å². The van der Waals surface area contributed by atoms with E-state index in [9.17, 15) is 19.4 Å². The number of rotatable bonds is 9. The Labute approximate surface area is 113 Å². The fraction of sp³-hybridized carbons (Fsp3) is 0.750. The Hall–Kier alpha value is -1.28. The van der Waals surface area contributed by atoms with Crippen LogP contribution in [0.4, 0.5) is 0 Å². The second-order valence-electron chi connectivity index (χ2n) is 3.08. The molecule has 0 aromatic carbocycles. The molecular weight excluding hydrogens is 287 g/mol. The normalized spacial score (nSPS) is 9.67. The van der Waals surface area contributed by atoms with Gasteiger partial charge < -0.3 is 0 Å². The van der Waals surface area contributed by atoms with Crippen molar-refractivity contribution in [1.82, 2.24) is 10.0 Å². The lowest BCUT2D eigenvalue weighted by atomic mass is 10.4. The topological polar surface area (TPSA) is 99.5 Å². The van der Waals surface area contributed by atoms with Gasteiger partial charge in [-0.2, -0.15) is 10.0 Å². The molecular formula is C8H12Cl2N4O4. The Bertz CT molecular complexity index is 285. The number of nitroso groups, excluding NO2 is 2. The van der Waals surface area contributed by atoms with Crippen LogP contribution in [0.5, 0.6) is 0 Å². The summed E-state index contributed by atoms with van der Waals surface area (Å²) in [5.74, 6) is -1.08. The summed E-state index contributed by atoms with van der Waals surface area (Å²) in [7, 11) is 0. The number of amides is 2. The second-order valence-corrected chi connectivity index (χ2v) is 3.83. The number of hydrogen-bond acceptors (Lipinski definition) is 6. The van der Waals surface area contributed by atoms with Crippen LogP contribution in [0.3, 0.4) is 0 Å². The third-order valence-corrected chi connectivity index (χ3v) is 2.29. The first-order valence-electron chi connectivity index (χ1n) is 4.99. The maximum Gasteiger partial charge on any atom is 0.246 e. The third kappa shape index (κ3) is 5.87. The van der Waals surface area contributed by atoms with E-state index in [1.54, 1.807) is 0 Å². The smallest absolute Gasteiger partial charge is 0.246 e. The van der Waals surface area contributed by atoms with Crippen molar-refractivity contribution in [2.24, 2.45) is 10.6 Å². The largest absolute Gasteiger partial charge is 0.273 e. The van der Waals surface area contributed by atoms with Crippen LogP contribution in [-0.4, -0.2) is 46.7 Å². The number of halogens is 2. The van der Waals surface area contributed by atoms with Crippen molar-refractivity contribution in [2.75, 3.05) is 24.8 Å². The van der Waals surface area contributed by atoms with Crippen LogP contribution in [-0.2, 0) is 9.59 Å². The number of nitrogens with zero attached hydrogens (tertiary/aromatic N) is 4. The molecule has 0 fully saturated rings. The third-order valence-electron chi connectivity index (χ3n) is 1.91. The molecule has 0 aliphatic rings. The van der Waals surface area contributed by atoms with Gasteiger partial charge in [-0.15, -0.1) is 33.0 Å². The van der Waals surface area contributed by atoms with Crippen molar-refractivity contribution in [3.63, 3.8) is 0 Å². The molecule has 0 saturated heterocycles. The van der Waals surface area contributed by atoms with Gasteiger partial charge in [0.15, 0.2) is 0 Å². The Morgan fingerprint density at radius 2 is 1.17 bits per heavy atom. The zero-order valence-corrected chi connectivity index (χ0v) is 10.9. The van der Waals surface area contributed by atoms with E-state index in [1.165, 1.54) is 0 Å². The molecule has 0 atom stereocenters. The summed E-state index contributed by atoms with van der Waals surface area (Å²) in [6.07, 6.45) is -0.116. The van der Waals surface area contributed by atoms with E-state index in [-0.39, 0.29) is 37.7 Å². The van der Waals surface area contributed by atoms with Crippen molar-refractivity contribution >= 4 is 35.0 Å². The van der Waals surface area contributed by atoms with E-state index < -0.39 is 11.8 Å². The maximum atomic E-state index is 11.3. The lowest BCUT2D eigenvalue weighted by Gasteiger charge is -2.16.